The lowest BCUT2D eigenvalue weighted by Gasteiger charge is -2.36. The first-order chi connectivity index (χ1) is 8.40. The molecular formula is C14H21N3. The molecule has 1 fully saturated rings. The summed E-state index contributed by atoms with van der Waals surface area (Å²) in [6.45, 7) is 9.55. The van der Waals surface area contributed by atoms with Crippen molar-refractivity contribution >= 4 is 5.69 Å². The van der Waals surface area contributed by atoms with Gasteiger partial charge in [0, 0.05) is 44.3 Å². The third kappa shape index (κ3) is 3.56. The molecule has 1 aromatic rings. The molecule has 0 unspecified atom stereocenters. The van der Waals surface area contributed by atoms with Crippen LogP contribution in [0.25, 0.3) is 0 Å². The minimum atomic E-state index is 1.12. The number of pyridine rings is 1. The van der Waals surface area contributed by atoms with E-state index in [2.05, 4.69) is 33.5 Å². The average Bonchev–Trinajstić information content (AvgIpc) is 2.41. The zero-order chi connectivity index (χ0) is 11.9. The Morgan fingerprint density at radius 2 is 1.88 bits per heavy atom. The van der Waals surface area contributed by atoms with Crippen molar-refractivity contribution in [1.82, 2.24) is 9.88 Å². The molecular weight excluding hydrogens is 210 g/mol. The molecule has 0 bridgehead atoms. The molecule has 0 saturated carbocycles. The smallest absolute Gasteiger partial charge is 0.0397 e. The van der Waals surface area contributed by atoms with Gasteiger partial charge < -0.3 is 4.90 Å². The molecule has 3 nitrogen and oxygen atoms in total. The minimum Gasteiger partial charge on any atom is -0.369 e. The Morgan fingerprint density at radius 1 is 1.18 bits per heavy atom. The van der Waals surface area contributed by atoms with Crippen molar-refractivity contribution in [2.45, 2.75) is 12.8 Å². The summed E-state index contributed by atoms with van der Waals surface area (Å²) < 4.78 is 0. The first-order valence-electron chi connectivity index (χ1n) is 6.38. The Hall–Kier alpha value is -1.35. The molecule has 1 saturated heterocycles. The van der Waals surface area contributed by atoms with E-state index in [9.17, 15) is 0 Å². The highest BCUT2D eigenvalue weighted by molar-refractivity contribution is 5.44. The van der Waals surface area contributed by atoms with Crippen molar-refractivity contribution in [3.63, 3.8) is 0 Å². The van der Waals surface area contributed by atoms with E-state index in [1.165, 1.54) is 31.7 Å². The normalized spacial score (nSPS) is 17.1. The Morgan fingerprint density at radius 3 is 2.53 bits per heavy atom. The quantitative estimate of drug-likeness (QED) is 0.572. The predicted molar refractivity (Wildman–Crippen MR) is 72.3 cm³/mol. The number of hydrogen-bond acceptors (Lipinski definition) is 3. The van der Waals surface area contributed by atoms with Crippen LogP contribution in [0.3, 0.4) is 0 Å². The van der Waals surface area contributed by atoms with Gasteiger partial charge >= 0.3 is 0 Å². The van der Waals surface area contributed by atoms with E-state index >= 15 is 0 Å². The summed E-state index contributed by atoms with van der Waals surface area (Å²) in [5, 5.41) is 0. The second-order valence-electron chi connectivity index (χ2n) is 4.47. The van der Waals surface area contributed by atoms with Crippen LogP contribution in [0.1, 0.15) is 12.8 Å². The van der Waals surface area contributed by atoms with E-state index < -0.39 is 0 Å². The monoisotopic (exact) mass is 231 g/mol. The molecule has 0 aliphatic carbocycles. The van der Waals surface area contributed by atoms with E-state index in [0.717, 1.165) is 19.5 Å². The number of allylic oxidation sites excluding steroid dienone is 1. The molecule has 2 rings (SSSR count). The van der Waals surface area contributed by atoms with Crippen LogP contribution < -0.4 is 4.90 Å². The largest absolute Gasteiger partial charge is 0.369 e. The number of rotatable bonds is 5. The molecule has 0 spiro atoms. The summed E-state index contributed by atoms with van der Waals surface area (Å²) in [5.74, 6) is 0. The van der Waals surface area contributed by atoms with E-state index in [4.69, 9.17) is 0 Å². The second-order valence-corrected chi connectivity index (χ2v) is 4.47. The highest BCUT2D eigenvalue weighted by atomic mass is 15.3. The van der Waals surface area contributed by atoms with Crippen molar-refractivity contribution in [2.24, 2.45) is 0 Å². The van der Waals surface area contributed by atoms with Crippen LogP contribution >= 0.6 is 0 Å². The Kier molecular flexibility index (Phi) is 4.56. The summed E-state index contributed by atoms with van der Waals surface area (Å²) in [6, 6.07) is 4.18. The highest BCUT2D eigenvalue weighted by Crippen LogP contribution is 2.14. The zero-order valence-corrected chi connectivity index (χ0v) is 10.4. The van der Waals surface area contributed by atoms with Crippen molar-refractivity contribution in [1.29, 1.82) is 0 Å². The minimum absolute atomic E-state index is 1.12. The molecule has 92 valence electrons. The van der Waals surface area contributed by atoms with E-state index in [1.807, 2.05) is 18.5 Å². The molecule has 0 N–H and O–H groups in total. The molecule has 3 heteroatoms. The van der Waals surface area contributed by atoms with Gasteiger partial charge in [0.25, 0.3) is 0 Å². The fraction of sp³-hybridized carbons (Fsp3) is 0.500. The van der Waals surface area contributed by atoms with Crippen LogP contribution in [-0.2, 0) is 0 Å². The molecule has 0 atom stereocenters. The van der Waals surface area contributed by atoms with E-state index in [-0.39, 0.29) is 0 Å². The van der Waals surface area contributed by atoms with Gasteiger partial charge in [0.1, 0.15) is 0 Å². The summed E-state index contributed by atoms with van der Waals surface area (Å²) >= 11 is 0. The summed E-state index contributed by atoms with van der Waals surface area (Å²) in [7, 11) is 0. The topological polar surface area (TPSA) is 19.4 Å². The van der Waals surface area contributed by atoms with Gasteiger partial charge in [-0.2, -0.15) is 0 Å². The Labute approximate surface area is 104 Å². The van der Waals surface area contributed by atoms with Gasteiger partial charge in [-0.1, -0.05) is 6.08 Å². The van der Waals surface area contributed by atoms with Crippen LogP contribution in [-0.4, -0.2) is 42.6 Å². The van der Waals surface area contributed by atoms with Crippen LogP contribution in [0.4, 0.5) is 5.69 Å². The Balaban J connectivity index is 1.76. The summed E-state index contributed by atoms with van der Waals surface area (Å²) in [4.78, 5) is 9.04. The molecule has 0 amide bonds. The van der Waals surface area contributed by atoms with Crippen LogP contribution in [0.5, 0.6) is 0 Å². The fourth-order valence-corrected chi connectivity index (χ4v) is 2.24. The molecule has 0 aromatic carbocycles. The standard InChI is InChI=1S/C14H21N3/c1-2-3-4-9-16-10-12-17(13-11-16)14-5-7-15-8-6-14/h2,5-8H,1,3-4,9-13H2. The lowest BCUT2D eigenvalue weighted by molar-refractivity contribution is 0.255. The van der Waals surface area contributed by atoms with Gasteiger partial charge in [0.2, 0.25) is 0 Å². The lowest BCUT2D eigenvalue weighted by Crippen LogP contribution is -2.46. The van der Waals surface area contributed by atoms with Gasteiger partial charge in [-0.3, -0.25) is 9.88 Å². The van der Waals surface area contributed by atoms with Gasteiger partial charge in [-0.25, -0.2) is 0 Å². The van der Waals surface area contributed by atoms with Gasteiger partial charge in [-0.15, -0.1) is 6.58 Å². The maximum atomic E-state index is 4.06. The predicted octanol–water partition coefficient (Wildman–Crippen LogP) is 2.17. The Bertz CT molecular complexity index is 329. The SMILES string of the molecule is C=CCCCN1CCN(c2ccncc2)CC1. The van der Waals surface area contributed by atoms with Gasteiger partial charge in [0.15, 0.2) is 0 Å². The number of piperazine rings is 1. The lowest BCUT2D eigenvalue weighted by atomic mass is 10.2. The summed E-state index contributed by atoms with van der Waals surface area (Å²) in [5.41, 5.74) is 1.30. The number of unbranched alkanes of at least 4 members (excludes halogenated alkanes) is 1. The molecule has 17 heavy (non-hydrogen) atoms. The van der Waals surface area contributed by atoms with Crippen molar-refractivity contribution < 1.29 is 0 Å². The van der Waals surface area contributed by atoms with E-state index in [0.29, 0.717) is 0 Å². The van der Waals surface area contributed by atoms with Crippen molar-refractivity contribution in [3.8, 4) is 0 Å². The van der Waals surface area contributed by atoms with Gasteiger partial charge in [-0.05, 0) is 31.5 Å². The first kappa shape index (κ1) is 12.1. The summed E-state index contributed by atoms with van der Waals surface area (Å²) in [6.07, 6.45) is 8.11. The van der Waals surface area contributed by atoms with Crippen LogP contribution in [0.2, 0.25) is 0 Å². The first-order valence-corrected chi connectivity index (χ1v) is 6.38. The average molecular weight is 231 g/mol. The van der Waals surface area contributed by atoms with Crippen LogP contribution in [0, 0.1) is 0 Å². The number of nitrogens with zero attached hydrogens (tertiary/aromatic N) is 3. The molecule has 1 aromatic heterocycles. The van der Waals surface area contributed by atoms with Crippen molar-refractivity contribution in [3.05, 3.63) is 37.2 Å². The van der Waals surface area contributed by atoms with Crippen LogP contribution in [0.15, 0.2) is 37.2 Å². The molecule has 0 radical (unpaired) electrons. The number of anilines is 1. The molecule has 2 heterocycles. The zero-order valence-electron chi connectivity index (χ0n) is 10.4. The highest BCUT2D eigenvalue weighted by Gasteiger charge is 2.16. The maximum Gasteiger partial charge on any atom is 0.0397 e. The third-order valence-corrected chi connectivity index (χ3v) is 3.28. The third-order valence-electron chi connectivity index (χ3n) is 3.28. The second kappa shape index (κ2) is 6.40. The molecule has 1 aliphatic rings. The number of aromatic nitrogens is 1. The fourth-order valence-electron chi connectivity index (χ4n) is 2.24. The van der Waals surface area contributed by atoms with Gasteiger partial charge in [0.05, 0.1) is 0 Å². The molecule has 1 aliphatic heterocycles. The van der Waals surface area contributed by atoms with E-state index in [1.54, 1.807) is 0 Å². The van der Waals surface area contributed by atoms with Crippen molar-refractivity contribution in [2.75, 3.05) is 37.6 Å². The maximum absolute atomic E-state index is 4.06. The number of hydrogen-bond donors (Lipinski definition) is 0.